The van der Waals surface area contributed by atoms with Gasteiger partial charge in [0.2, 0.25) is 0 Å². The molecule has 2 N–H and O–H groups in total. The molecule has 5 heteroatoms. The number of ether oxygens (including phenoxy) is 1. The molecule has 0 radical (unpaired) electrons. The summed E-state index contributed by atoms with van der Waals surface area (Å²) in [6.45, 7) is 14.6. The first kappa shape index (κ1) is 21.2. The normalized spacial score (nSPS) is 15.8. The molecule has 1 heterocycles. The van der Waals surface area contributed by atoms with Crippen molar-refractivity contribution >= 4 is 17.3 Å². The van der Waals surface area contributed by atoms with Crippen molar-refractivity contribution in [2.75, 3.05) is 43.0 Å². The van der Waals surface area contributed by atoms with Gasteiger partial charge in [-0.2, -0.15) is 0 Å². The van der Waals surface area contributed by atoms with Crippen LogP contribution >= 0.6 is 0 Å². The van der Waals surface area contributed by atoms with E-state index in [0.717, 1.165) is 54.4 Å². The van der Waals surface area contributed by atoms with Crippen molar-refractivity contribution in [2.45, 2.75) is 40.7 Å². The fraction of sp³-hybridized carbons (Fsp3) is 0.458. The number of hydrogen-bond donors (Lipinski definition) is 2. The maximum Gasteiger partial charge on any atom is 0.282 e. The van der Waals surface area contributed by atoms with Gasteiger partial charge in [0.25, 0.3) is 5.91 Å². The Labute approximate surface area is 174 Å². The summed E-state index contributed by atoms with van der Waals surface area (Å²) in [5.41, 5.74) is 5.57. The molecule has 0 spiro atoms. The van der Waals surface area contributed by atoms with Crippen molar-refractivity contribution in [3.8, 4) is 5.75 Å². The second-order valence-electron chi connectivity index (χ2n) is 8.03. The molecule has 1 fully saturated rings. The lowest BCUT2D eigenvalue weighted by molar-refractivity contribution is -0.914. The molecule has 1 atom stereocenters. The Bertz CT molecular complexity index is 834. The Hall–Kier alpha value is -2.53. The first-order valence-corrected chi connectivity index (χ1v) is 10.6. The van der Waals surface area contributed by atoms with Gasteiger partial charge in [0.15, 0.2) is 6.04 Å². The van der Waals surface area contributed by atoms with Crippen LogP contribution in [0.2, 0.25) is 0 Å². The Balaban J connectivity index is 1.62. The molecular weight excluding hydrogens is 362 g/mol. The summed E-state index contributed by atoms with van der Waals surface area (Å²) in [6, 6.07) is 12.4. The second-order valence-corrected chi connectivity index (χ2v) is 8.03. The number of nitrogens with zero attached hydrogens (tertiary/aromatic N) is 1. The summed E-state index contributed by atoms with van der Waals surface area (Å²) in [7, 11) is 0. The molecule has 5 nitrogen and oxygen atoms in total. The van der Waals surface area contributed by atoms with Gasteiger partial charge in [-0.05, 0) is 57.9 Å². The van der Waals surface area contributed by atoms with Gasteiger partial charge in [-0.15, -0.1) is 0 Å². The number of amides is 1. The van der Waals surface area contributed by atoms with Crippen molar-refractivity contribution in [3.63, 3.8) is 0 Å². The average Bonchev–Trinajstić information content (AvgIpc) is 2.71. The van der Waals surface area contributed by atoms with Crippen molar-refractivity contribution in [1.82, 2.24) is 0 Å². The number of hydrogen-bond acceptors (Lipinski definition) is 3. The van der Waals surface area contributed by atoms with Gasteiger partial charge in [-0.25, -0.2) is 0 Å². The summed E-state index contributed by atoms with van der Waals surface area (Å²) in [4.78, 5) is 16.6. The SMILES string of the molecule is CCOc1ccccc1N1CC[NH+]([C@H](C)C(=O)Nc2c(C)cc(C)cc2C)CC1. The van der Waals surface area contributed by atoms with Crippen LogP contribution in [0, 0.1) is 20.8 Å². The highest BCUT2D eigenvalue weighted by Crippen LogP contribution is 2.28. The summed E-state index contributed by atoms with van der Waals surface area (Å²) in [5.74, 6) is 1.03. The van der Waals surface area contributed by atoms with Gasteiger partial charge in [0.05, 0.1) is 38.5 Å². The highest BCUT2D eigenvalue weighted by atomic mass is 16.5. The van der Waals surface area contributed by atoms with Gasteiger partial charge >= 0.3 is 0 Å². The van der Waals surface area contributed by atoms with E-state index in [9.17, 15) is 4.79 Å². The smallest absolute Gasteiger partial charge is 0.282 e. The van der Waals surface area contributed by atoms with E-state index < -0.39 is 0 Å². The third-order valence-electron chi connectivity index (χ3n) is 5.84. The molecule has 1 aliphatic heterocycles. The minimum absolute atomic E-state index is 0.0839. The molecule has 0 bridgehead atoms. The number of anilines is 2. The van der Waals surface area contributed by atoms with E-state index in [-0.39, 0.29) is 11.9 Å². The fourth-order valence-corrected chi connectivity index (χ4v) is 4.26. The topological polar surface area (TPSA) is 46.0 Å². The van der Waals surface area contributed by atoms with E-state index in [2.05, 4.69) is 55.3 Å². The number of carbonyl (C=O) groups excluding carboxylic acids is 1. The predicted molar refractivity (Wildman–Crippen MR) is 119 cm³/mol. The van der Waals surface area contributed by atoms with Crippen molar-refractivity contribution in [3.05, 3.63) is 53.1 Å². The highest BCUT2D eigenvalue weighted by Gasteiger charge is 2.30. The molecule has 3 rings (SSSR count). The molecule has 0 aromatic heterocycles. The number of benzene rings is 2. The van der Waals surface area contributed by atoms with Crippen LogP contribution in [-0.2, 0) is 4.79 Å². The molecule has 1 amide bonds. The molecule has 1 saturated heterocycles. The maximum absolute atomic E-state index is 12.9. The lowest BCUT2D eigenvalue weighted by Crippen LogP contribution is -3.19. The molecule has 0 aliphatic carbocycles. The summed E-state index contributed by atoms with van der Waals surface area (Å²) < 4.78 is 5.79. The van der Waals surface area contributed by atoms with Crippen LogP contribution in [0.4, 0.5) is 11.4 Å². The minimum Gasteiger partial charge on any atom is -0.492 e. The van der Waals surface area contributed by atoms with Crippen LogP contribution < -0.4 is 19.9 Å². The van der Waals surface area contributed by atoms with Crippen LogP contribution in [0.3, 0.4) is 0 Å². The Morgan fingerprint density at radius 2 is 1.76 bits per heavy atom. The van der Waals surface area contributed by atoms with Crippen LogP contribution in [0.1, 0.15) is 30.5 Å². The van der Waals surface area contributed by atoms with Gasteiger partial charge in [-0.3, -0.25) is 4.79 Å². The zero-order valence-corrected chi connectivity index (χ0v) is 18.3. The first-order chi connectivity index (χ1) is 13.9. The van der Waals surface area contributed by atoms with Gasteiger partial charge in [0.1, 0.15) is 5.75 Å². The number of rotatable bonds is 6. The molecule has 2 aromatic rings. The zero-order chi connectivity index (χ0) is 21.0. The first-order valence-electron chi connectivity index (χ1n) is 10.6. The Morgan fingerprint density at radius 3 is 2.38 bits per heavy atom. The maximum atomic E-state index is 12.9. The van der Waals surface area contributed by atoms with Crippen LogP contribution in [0.5, 0.6) is 5.75 Å². The summed E-state index contributed by atoms with van der Waals surface area (Å²) in [6.07, 6.45) is 0. The standard InChI is InChI=1S/C24H33N3O2/c1-6-29-22-10-8-7-9-21(22)27-13-11-26(12-14-27)20(5)24(28)25-23-18(3)15-17(2)16-19(23)4/h7-10,15-16,20H,6,11-14H2,1-5H3,(H,25,28)/p+1/t20-/m1/s1. The van der Waals surface area contributed by atoms with Gasteiger partial charge in [-0.1, -0.05) is 29.8 Å². The summed E-state index contributed by atoms with van der Waals surface area (Å²) >= 11 is 0. The van der Waals surface area contributed by atoms with E-state index >= 15 is 0 Å². The Kier molecular flexibility index (Phi) is 6.80. The van der Waals surface area contributed by atoms with E-state index in [1.807, 2.05) is 26.0 Å². The van der Waals surface area contributed by atoms with Crippen LogP contribution in [0.25, 0.3) is 0 Å². The van der Waals surface area contributed by atoms with Crippen molar-refractivity contribution < 1.29 is 14.4 Å². The lowest BCUT2D eigenvalue weighted by Gasteiger charge is -2.36. The molecule has 0 unspecified atom stereocenters. The van der Waals surface area contributed by atoms with E-state index in [1.54, 1.807) is 0 Å². The van der Waals surface area contributed by atoms with Gasteiger partial charge in [0, 0.05) is 5.69 Å². The quantitative estimate of drug-likeness (QED) is 0.789. The largest absolute Gasteiger partial charge is 0.492 e. The molecule has 1 aliphatic rings. The van der Waals surface area contributed by atoms with Gasteiger partial charge < -0.3 is 19.9 Å². The predicted octanol–water partition coefficient (Wildman–Crippen LogP) is 2.74. The minimum atomic E-state index is -0.0839. The van der Waals surface area contributed by atoms with E-state index in [0.29, 0.717) is 6.61 Å². The molecule has 0 saturated carbocycles. The summed E-state index contributed by atoms with van der Waals surface area (Å²) in [5, 5.41) is 3.18. The Morgan fingerprint density at radius 1 is 1.14 bits per heavy atom. The second kappa shape index (κ2) is 9.31. The zero-order valence-electron chi connectivity index (χ0n) is 18.3. The van der Waals surface area contributed by atoms with Crippen LogP contribution in [-0.4, -0.2) is 44.7 Å². The molecule has 2 aromatic carbocycles. The van der Waals surface area contributed by atoms with E-state index in [1.165, 1.54) is 10.5 Å². The monoisotopic (exact) mass is 396 g/mol. The molecule has 29 heavy (non-hydrogen) atoms. The number of para-hydroxylation sites is 2. The average molecular weight is 397 g/mol. The number of quaternary nitrogens is 1. The third-order valence-corrected chi connectivity index (χ3v) is 5.84. The third kappa shape index (κ3) is 4.91. The fourth-order valence-electron chi connectivity index (χ4n) is 4.26. The number of nitrogens with one attached hydrogen (secondary N) is 2. The number of carbonyl (C=O) groups is 1. The molecule has 156 valence electrons. The van der Waals surface area contributed by atoms with Crippen molar-refractivity contribution in [2.24, 2.45) is 0 Å². The number of piperazine rings is 1. The molecular formula is C24H34N3O2+. The highest BCUT2D eigenvalue weighted by molar-refractivity contribution is 5.95. The van der Waals surface area contributed by atoms with Crippen LogP contribution in [0.15, 0.2) is 36.4 Å². The lowest BCUT2D eigenvalue weighted by atomic mass is 10.0. The van der Waals surface area contributed by atoms with Crippen molar-refractivity contribution in [1.29, 1.82) is 0 Å². The van der Waals surface area contributed by atoms with E-state index in [4.69, 9.17) is 4.74 Å². The number of aryl methyl sites for hydroxylation is 3.